The van der Waals surface area contributed by atoms with E-state index in [2.05, 4.69) is 37.4 Å². The van der Waals surface area contributed by atoms with Gasteiger partial charge in [0.25, 0.3) is 0 Å². The average Bonchev–Trinajstić information content (AvgIpc) is 2.38. The van der Waals surface area contributed by atoms with Gasteiger partial charge in [0, 0.05) is 12.1 Å². The molecule has 2 rings (SSSR count). The van der Waals surface area contributed by atoms with Gasteiger partial charge in [0.05, 0.1) is 0 Å². The van der Waals surface area contributed by atoms with Crippen molar-refractivity contribution in [2.45, 2.75) is 51.5 Å². The first-order valence-corrected chi connectivity index (χ1v) is 7.16. The molecule has 0 aliphatic heterocycles. The summed E-state index contributed by atoms with van der Waals surface area (Å²) in [5.74, 6) is 0. The molecule has 1 aliphatic rings. The van der Waals surface area contributed by atoms with Gasteiger partial charge in [-0.25, -0.2) is 0 Å². The quantitative estimate of drug-likeness (QED) is 0.837. The maximum absolute atomic E-state index is 5.71. The van der Waals surface area contributed by atoms with E-state index in [0.29, 0.717) is 6.54 Å². The topological polar surface area (TPSA) is 38.0 Å². The second kappa shape index (κ2) is 5.85. The Morgan fingerprint density at radius 2 is 1.89 bits per heavy atom. The number of nitrogens with two attached hydrogens (primary N) is 1. The molecule has 0 aromatic heterocycles. The Morgan fingerprint density at radius 3 is 2.61 bits per heavy atom. The van der Waals surface area contributed by atoms with E-state index < -0.39 is 0 Å². The van der Waals surface area contributed by atoms with Crippen LogP contribution in [0.4, 0.5) is 0 Å². The van der Waals surface area contributed by atoms with Crippen molar-refractivity contribution in [3.8, 4) is 0 Å². The number of aryl methyl sites for hydroxylation is 2. The largest absolute Gasteiger partial charge is 0.329 e. The van der Waals surface area contributed by atoms with Gasteiger partial charge in [-0.2, -0.15) is 0 Å². The molecule has 0 radical (unpaired) electrons. The number of benzene rings is 1. The summed E-state index contributed by atoms with van der Waals surface area (Å²) in [7, 11) is 0. The molecule has 0 spiro atoms. The van der Waals surface area contributed by atoms with Crippen LogP contribution in [0.3, 0.4) is 0 Å². The molecule has 0 heterocycles. The maximum Gasteiger partial charge on any atom is 0.0247 e. The molecule has 3 N–H and O–H groups in total. The molecule has 0 bridgehead atoms. The highest BCUT2D eigenvalue weighted by molar-refractivity contribution is 5.33. The van der Waals surface area contributed by atoms with Crippen LogP contribution in [0.5, 0.6) is 0 Å². The van der Waals surface area contributed by atoms with Crippen molar-refractivity contribution in [3.63, 3.8) is 0 Å². The van der Waals surface area contributed by atoms with Gasteiger partial charge < -0.3 is 11.1 Å². The minimum atomic E-state index is 0.0498. The fraction of sp³-hybridized carbons (Fsp3) is 0.625. The van der Waals surface area contributed by atoms with Crippen molar-refractivity contribution in [2.24, 2.45) is 5.73 Å². The number of hydrogen-bond acceptors (Lipinski definition) is 2. The molecular weight excluding hydrogens is 220 g/mol. The maximum atomic E-state index is 5.71. The predicted octanol–water partition coefficient (Wildman–Crippen LogP) is 2.43. The second-order valence-electron chi connectivity index (χ2n) is 6.07. The summed E-state index contributed by atoms with van der Waals surface area (Å²) in [6, 6.07) is 7.03. The summed E-state index contributed by atoms with van der Waals surface area (Å²) in [5, 5.41) is 3.51. The van der Waals surface area contributed by atoms with E-state index in [0.717, 1.165) is 13.0 Å². The molecule has 0 amide bonds. The van der Waals surface area contributed by atoms with Gasteiger partial charge in [-0.3, -0.25) is 0 Å². The fourth-order valence-corrected chi connectivity index (χ4v) is 2.56. The molecule has 0 saturated heterocycles. The van der Waals surface area contributed by atoms with Crippen LogP contribution in [0.2, 0.25) is 0 Å². The van der Waals surface area contributed by atoms with Crippen molar-refractivity contribution in [1.29, 1.82) is 0 Å². The van der Waals surface area contributed by atoms with Crippen LogP contribution < -0.4 is 11.1 Å². The van der Waals surface area contributed by atoms with Crippen molar-refractivity contribution >= 4 is 0 Å². The Labute approximate surface area is 111 Å². The van der Waals surface area contributed by atoms with Gasteiger partial charge in [0.2, 0.25) is 0 Å². The SMILES string of the molecule is CC(C)(CN)NCCc1ccc2c(c1)CCCC2. The predicted molar refractivity (Wildman–Crippen MR) is 77.9 cm³/mol. The van der Waals surface area contributed by atoms with E-state index in [4.69, 9.17) is 5.73 Å². The first-order valence-electron chi connectivity index (χ1n) is 7.16. The van der Waals surface area contributed by atoms with Gasteiger partial charge in [0.15, 0.2) is 0 Å². The molecule has 2 nitrogen and oxygen atoms in total. The van der Waals surface area contributed by atoms with Crippen molar-refractivity contribution < 1.29 is 0 Å². The lowest BCUT2D eigenvalue weighted by Crippen LogP contribution is -2.46. The van der Waals surface area contributed by atoms with Gasteiger partial charge in [-0.1, -0.05) is 18.2 Å². The molecular formula is C16H26N2. The lowest BCUT2D eigenvalue weighted by atomic mass is 9.90. The van der Waals surface area contributed by atoms with E-state index in [1.54, 1.807) is 11.1 Å². The molecule has 1 aromatic rings. The van der Waals surface area contributed by atoms with Crippen molar-refractivity contribution in [2.75, 3.05) is 13.1 Å². The highest BCUT2D eigenvalue weighted by atomic mass is 15.0. The van der Waals surface area contributed by atoms with Crippen LogP contribution in [0.15, 0.2) is 18.2 Å². The van der Waals surface area contributed by atoms with E-state index in [-0.39, 0.29) is 5.54 Å². The Kier molecular flexibility index (Phi) is 4.41. The molecule has 1 aromatic carbocycles. The van der Waals surface area contributed by atoms with Gasteiger partial charge >= 0.3 is 0 Å². The number of fused-ring (bicyclic) bond motifs is 1. The lowest BCUT2D eigenvalue weighted by molar-refractivity contribution is 0.402. The number of nitrogens with one attached hydrogen (secondary N) is 1. The molecule has 1 aliphatic carbocycles. The normalized spacial score (nSPS) is 15.5. The Morgan fingerprint density at radius 1 is 1.17 bits per heavy atom. The molecule has 0 saturated carbocycles. The highest BCUT2D eigenvalue weighted by Crippen LogP contribution is 2.22. The van der Waals surface area contributed by atoms with Crippen LogP contribution in [0, 0.1) is 0 Å². The van der Waals surface area contributed by atoms with E-state index in [1.165, 1.54) is 31.2 Å². The van der Waals surface area contributed by atoms with Gasteiger partial charge in [-0.15, -0.1) is 0 Å². The zero-order chi connectivity index (χ0) is 13.0. The first-order chi connectivity index (χ1) is 8.61. The molecule has 0 atom stereocenters. The summed E-state index contributed by atoms with van der Waals surface area (Å²) < 4.78 is 0. The monoisotopic (exact) mass is 246 g/mol. The third kappa shape index (κ3) is 3.56. The third-order valence-corrected chi connectivity index (χ3v) is 3.94. The van der Waals surface area contributed by atoms with Crippen molar-refractivity contribution in [3.05, 3.63) is 34.9 Å². The van der Waals surface area contributed by atoms with Crippen LogP contribution in [0.1, 0.15) is 43.4 Å². The van der Waals surface area contributed by atoms with Crippen LogP contribution in [0.25, 0.3) is 0 Å². The average molecular weight is 246 g/mol. The molecule has 0 fully saturated rings. The highest BCUT2D eigenvalue weighted by Gasteiger charge is 2.14. The van der Waals surface area contributed by atoms with Crippen LogP contribution in [-0.4, -0.2) is 18.6 Å². The molecule has 0 unspecified atom stereocenters. The van der Waals surface area contributed by atoms with E-state index in [1.807, 2.05) is 0 Å². The van der Waals surface area contributed by atoms with Crippen LogP contribution in [-0.2, 0) is 19.3 Å². The minimum Gasteiger partial charge on any atom is -0.329 e. The first kappa shape index (κ1) is 13.6. The second-order valence-corrected chi connectivity index (χ2v) is 6.07. The summed E-state index contributed by atoms with van der Waals surface area (Å²) in [5.41, 5.74) is 10.4. The fourth-order valence-electron chi connectivity index (χ4n) is 2.56. The minimum absolute atomic E-state index is 0.0498. The Balaban J connectivity index is 1.90. The van der Waals surface area contributed by atoms with E-state index in [9.17, 15) is 0 Å². The zero-order valence-electron chi connectivity index (χ0n) is 11.8. The number of hydrogen-bond donors (Lipinski definition) is 2. The summed E-state index contributed by atoms with van der Waals surface area (Å²) in [6.07, 6.45) is 6.35. The summed E-state index contributed by atoms with van der Waals surface area (Å²) in [4.78, 5) is 0. The van der Waals surface area contributed by atoms with E-state index >= 15 is 0 Å². The summed E-state index contributed by atoms with van der Waals surface area (Å²) >= 11 is 0. The molecule has 100 valence electrons. The Bertz CT molecular complexity index is 396. The zero-order valence-corrected chi connectivity index (χ0v) is 11.8. The lowest BCUT2D eigenvalue weighted by Gasteiger charge is -2.24. The smallest absolute Gasteiger partial charge is 0.0247 e. The van der Waals surface area contributed by atoms with Crippen molar-refractivity contribution in [1.82, 2.24) is 5.32 Å². The third-order valence-electron chi connectivity index (χ3n) is 3.94. The van der Waals surface area contributed by atoms with Crippen LogP contribution >= 0.6 is 0 Å². The Hall–Kier alpha value is -0.860. The number of rotatable bonds is 5. The van der Waals surface area contributed by atoms with Gasteiger partial charge in [0.1, 0.15) is 0 Å². The summed E-state index contributed by atoms with van der Waals surface area (Å²) in [6.45, 7) is 5.99. The molecule has 2 heteroatoms. The van der Waals surface area contributed by atoms with Gasteiger partial charge in [-0.05, 0) is 69.2 Å². The standard InChI is InChI=1S/C16H26N2/c1-16(2,12-17)18-10-9-13-7-8-14-5-3-4-6-15(14)11-13/h7-8,11,18H,3-6,9-10,12,17H2,1-2H3. The molecule has 18 heavy (non-hydrogen) atoms.